The minimum absolute atomic E-state index is 0.0769. The maximum absolute atomic E-state index is 12.0. The van der Waals surface area contributed by atoms with E-state index in [9.17, 15) is 4.79 Å². The highest BCUT2D eigenvalue weighted by Gasteiger charge is 2.15. The van der Waals surface area contributed by atoms with Gasteiger partial charge in [-0.15, -0.1) is 0 Å². The molecule has 172 valence electrons. The third-order valence-electron chi connectivity index (χ3n) is 5.64. The maximum Gasteiger partial charge on any atom is 0.266 e. The number of ether oxygens (including phenoxy) is 1. The summed E-state index contributed by atoms with van der Waals surface area (Å²) < 4.78 is 7.58. The predicted molar refractivity (Wildman–Crippen MR) is 128 cm³/mol. The number of fused-ring (bicyclic) bond motifs is 1. The first kappa shape index (κ1) is 22.6. The van der Waals surface area contributed by atoms with Crippen molar-refractivity contribution in [2.24, 2.45) is 0 Å². The summed E-state index contributed by atoms with van der Waals surface area (Å²) in [5.41, 5.74) is 4.32. The number of hydrogen-bond donors (Lipinski definition) is 1. The molecule has 0 spiro atoms. The first-order valence-corrected chi connectivity index (χ1v) is 11.2. The van der Waals surface area contributed by atoms with Crippen LogP contribution in [0.1, 0.15) is 56.4 Å². The fourth-order valence-corrected chi connectivity index (χ4v) is 3.73. The van der Waals surface area contributed by atoms with Gasteiger partial charge in [0.25, 0.3) is 5.56 Å². The Morgan fingerprint density at radius 3 is 2.36 bits per heavy atom. The molecule has 0 unspecified atom stereocenters. The van der Waals surface area contributed by atoms with Crippen LogP contribution in [0, 0.1) is 13.8 Å². The molecule has 3 aromatic heterocycles. The number of aromatic amines is 1. The van der Waals surface area contributed by atoms with Crippen LogP contribution in [-0.4, -0.2) is 36.2 Å². The van der Waals surface area contributed by atoms with Crippen molar-refractivity contribution in [3.8, 4) is 17.1 Å². The van der Waals surface area contributed by atoms with Crippen LogP contribution in [0.15, 0.2) is 41.5 Å². The van der Waals surface area contributed by atoms with E-state index in [1.54, 1.807) is 10.8 Å². The number of unbranched alkanes of at least 4 members (excludes halogenated alkanes) is 1. The highest BCUT2D eigenvalue weighted by atomic mass is 16.5. The molecular formula is C25H30N6O2. The molecule has 0 aliphatic carbocycles. The molecule has 8 heteroatoms. The van der Waals surface area contributed by atoms with Crippen molar-refractivity contribution in [1.82, 2.24) is 29.5 Å². The van der Waals surface area contributed by atoms with Gasteiger partial charge in [-0.25, -0.2) is 24.5 Å². The molecule has 3 heterocycles. The van der Waals surface area contributed by atoms with Crippen LogP contribution in [0.4, 0.5) is 0 Å². The third-order valence-corrected chi connectivity index (χ3v) is 5.64. The number of H-pyrrole nitrogens is 1. The van der Waals surface area contributed by atoms with Gasteiger partial charge in [-0.3, -0.25) is 9.89 Å². The van der Waals surface area contributed by atoms with E-state index >= 15 is 0 Å². The van der Waals surface area contributed by atoms with E-state index in [4.69, 9.17) is 9.72 Å². The van der Waals surface area contributed by atoms with E-state index in [2.05, 4.69) is 53.0 Å². The lowest BCUT2D eigenvalue weighted by Crippen LogP contribution is -2.11. The van der Waals surface area contributed by atoms with E-state index in [1.807, 2.05) is 26.0 Å². The van der Waals surface area contributed by atoms with Crippen LogP contribution >= 0.6 is 0 Å². The number of benzene rings is 1. The molecule has 0 amide bonds. The smallest absolute Gasteiger partial charge is 0.266 e. The zero-order valence-corrected chi connectivity index (χ0v) is 19.8. The fourth-order valence-electron chi connectivity index (χ4n) is 3.73. The highest BCUT2D eigenvalue weighted by Crippen LogP contribution is 2.25. The Balaban J connectivity index is 1.49. The lowest BCUT2D eigenvalue weighted by Gasteiger charge is -2.19. The maximum atomic E-state index is 12.0. The molecule has 0 fully saturated rings. The first-order valence-electron chi connectivity index (χ1n) is 11.2. The molecule has 0 radical (unpaired) electrons. The van der Waals surface area contributed by atoms with Crippen molar-refractivity contribution in [2.45, 2.75) is 59.3 Å². The van der Waals surface area contributed by atoms with Gasteiger partial charge in [-0.05, 0) is 37.7 Å². The Morgan fingerprint density at radius 2 is 1.70 bits per heavy atom. The normalized spacial score (nSPS) is 11.8. The average molecular weight is 447 g/mol. The molecule has 1 N–H and O–H groups in total. The molecule has 8 nitrogen and oxygen atoms in total. The summed E-state index contributed by atoms with van der Waals surface area (Å²) in [6, 6.07) is 9.81. The zero-order valence-electron chi connectivity index (χ0n) is 19.8. The van der Waals surface area contributed by atoms with Gasteiger partial charge < -0.3 is 4.74 Å². The summed E-state index contributed by atoms with van der Waals surface area (Å²) >= 11 is 0. The molecule has 4 aromatic rings. The molecular weight excluding hydrogens is 416 g/mol. The summed E-state index contributed by atoms with van der Waals surface area (Å²) in [6.07, 6.45) is 3.91. The van der Waals surface area contributed by atoms with Gasteiger partial charge >= 0.3 is 0 Å². The van der Waals surface area contributed by atoms with E-state index < -0.39 is 0 Å². The zero-order chi connectivity index (χ0) is 23.6. The lowest BCUT2D eigenvalue weighted by molar-refractivity contribution is 0.299. The first-order chi connectivity index (χ1) is 15.7. The van der Waals surface area contributed by atoms with Crippen LogP contribution < -0.4 is 10.3 Å². The van der Waals surface area contributed by atoms with Crippen LogP contribution in [0.5, 0.6) is 5.75 Å². The second-order valence-corrected chi connectivity index (χ2v) is 9.28. The molecule has 33 heavy (non-hydrogen) atoms. The van der Waals surface area contributed by atoms with Crippen molar-refractivity contribution in [1.29, 1.82) is 0 Å². The van der Waals surface area contributed by atoms with E-state index in [0.29, 0.717) is 24.5 Å². The topological polar surface area (TPSA) is 98.1 Å². The van der Waals surface area contributed by atoms with Crippen LogP contribution in [0.2, 0.25) is 0 Å². The van der Waals surface area contributed by atoms with Crippen LogP contribution in [-0.2, 0) is 11.8 Å². The third kappa shape index (κ3) is 5.10. The van der Waals surface area contributed by atoms with Gasteiger partial charge in [0.05, 0.1) is 18.0 Å². The molecule has 0 aliphatic heterocycles. The van der Waals surface area contributed by atoms with Crippen molar-refractivity contribution in [3.05, 3.63) is 69.8 Å². The van der Waals surface area contributed by atoms with E-state index in [1.165, 1.54) is 11.6 Å². The van der Waals surface area contributed by atoms with E-state index in [-0.39, 0.29) is 11.0 Å². The van der Waals surface area contributed by atoms with Gasteiger partial charge in [-0.1, -0.05) is 45.0 Å². The Hall–Kier alpha value is -3.55. The van der Waals surface area contributed by atoms with Gasteiger partial charge in [0, 0.05) is 18.1 Å². The van der Waals surface area contributed by atoms with Crippen LogP contribution in [0.3, 0.4) is 0 Å². The second-order valence-electron chi connectivity index (χ2n) is 9.28. The summed E-state index contributed by atoms with van der Waals surface area (Å²) in [4.78, 5) is 29.7. The number of aromatic nitrogens is 6. The average Bonchev–Trinajstić information content (AvgIpc) is 3.15. The Labute approximate surface area is 193 Å². The fraction of sp³-hybridized carbons (Fsp3) is 0.400. The monoisotopic (exact) mass is 446 g/mol. The number of nitrogens with zero attached hydrogens (tertiary/aromatic N) is 5. The van der Waals surface area contributed by atoms with E-state index in [0.717, 1.165) is 41.4 Å². The van der Waals surface area contributed by atoms with Gasteiger partial charge in [0.2, 0.25) is 0 Å². The van der Waals surface area contributed by atoms with Crippen molar-refractivity contribution in [2.75, 3.05) is 6.61 Å². The summed E-state index contributed by atoms with van der Waals surface area (Å²) in [5, 5.41) is 2.80. The number of rotatable bonds is 7. The highest BCUT2D eigenvalue weighted by molar-refractivity contribution is 5.58. The molecule has 4 rings (SSSR count). The van der Waals surface area contributed by atoms with Crippen molar-refractivity contribution < 1.29 is 4.74 Å². The van der Waals surface area contributed by atoms with Gasteiger partial charge in [-0.2, -0.15) is 0 Å². The number of aryl methyl sites for hydroxylation is 3. The summed E-state index contributed by atoms with van der Waals surface area (Å²) in [5.74, 6) is 2.14. The minimum Gasteiger partial charge on any atom is -0.490 e. The number of hydrogen-bond acceptors (Lipinski definition) is 6. The SMILES string of the molecule is Cc1ncnc(C)c1OCCCCc1nc(-c2ccc(C(C)(C)C)cc2)nc2cc(=O)[nH]n12. The minimum atomic E-state index is -0.191. The van der Waals surface area contributed by atoms with Crippen molar-refractivity contribution >= 4 is 5.65 Å². The summed E-state index contributed by atoms with van der Waals surface area (Å²) in [7, 11) is 0. The van der Waals surface area contributed by atoms with Gasteiger partial charge in [0.15, 0.2) is 17.2 Å². The standard InChI is InChI=1S/C25H30N6O2/c1-16-23(17(2)27-15-26-16)33-13-7-6-8-20-28-24(29-21-14-22(32)30-31(20)21)18-9-11-19(12-10-18)25(3,4)5/h9-12,14-15H,6-8,13H2,1-5H3,(H,30,32). The molecule has 0 bridgehead atoms. The van der Waals surface area contributed by atoms with Crippen LogP contribution in [0.25, 0.3) is 17.0 Å². The Morgan fingerprint density at radius 1 is 1.00 bits per heavy atom. The molecule has 0 saturated heterocycles. The Kier molecular flexibility index (Phi) is 6.26. The Bertz CT molecular complexity index is 1300. The lowest BCUT2D eigenvalue weighted by atomic mass is 9.87. The molecule has 0 atom stereocenters. The van der Waals surface area contributed by atoms with Gasteiger partial charge in [0.1, 0.15) is 12.2 Å². The predicted octanol–water partition coefficient (Wildman–Crippen LogP) is 4.19. The molecule has 0 saturated carbocycles. The molecule has 1 aromatic carbocycles. The molecule has 0 aliphatic rings. The summed E-state index contributed by atoms with van der Waals surface area (Å²) in [6.45, 7) is 11.0. The largest absolute Gasteiger partial charge is 0.490 e. The second kappa shape index (κ2) is 9.13. The number of nitrogens with one attached hydrogen (secondary N) is 1. The quantitative estimate of drug-likeness (QED) is 0.428. The van der Waals surface area contributed by atoms with Crippen molar-refractivity contribution in [3.63, 3.8) is 0 Å².